The fourth-order valence-electron chi connectivity index (χ4n) is 3.70. The average molecular weight is 493 g/mol. The van der Waals surface area contributed by atoms with E-state index in [0.717, 1.165) is 70.0 Å². The van der Waals surface area contributed by atoms with Gasteiger partial charge in [-0.25, -0.2) is 4.98 Å². The monoisotopic (exact) mass is 492 g/mol. The van der Waals surface area contributed by atoms with E-state index in [-0.39, 0.29) is 18.3 Å². The van der Waals surface area contributed by atoms with Crippen LogP contribution in [0.25, 0.3) is 10.2 Å². The van der Waals surface area contributed by atoms with Gasteiger partial charge in [0.05, 0.1) is 11.8 Å². The number of anilines is 1. The molecule has 0 aliphatic carbocycles. The molecule has 1 amide bonds. The molecule has 1 aromatic heterocycles. The summed E-state index contributed by atoms with van der Waals surface area (Å²) in [4.78, 5) is 23.1. The summed E-state index contributed by atoms with van der Waals surface area (Å²) in [6.07, 6.45) is 0. The smallest absolute Gasteiger partial charge is 0.251 e. The second-order valence-electron chi connectivity index (χ2n) is 7.35. The number of ether oxygens (including phenoxy) is 1. The number of carbonyl (C=O) groups excluding carboxylic acids is 1. The van der Waals surface area contributed by atoms with Crippen molar-refractivity contribution in [2.24, 2.45) is 0 Å². The first-order valence-corrected chi connectivity index (χ1v) is 12.4. The van der Waals surface area contributed by atoms with E-state index < -0.39 is 0 Å². The maximum absolute atomic E-state index is 12.5. The van der Waals surface area contributed by atoms with Gasteiger partial charge in [0.2, 0.25) is 0 Å². The van der Waals surface area contributed by atoms with Gasteiger partial charge in [-0.3, -0.25) is 9.69 Å². The normalized spacial score (nSPS) is 14.2. The summed E-state index contributed by atoms with van der Waals surface area (Å²) in [6, 6.07) is 13.9. The minimum atomic E-state index is 0. The van der Waals surface area contributed by atoms with Gasteiger partial charge in [-0.15, -0.1) is 24.2 Å². The molecule has 1 N–H and O–H groups in total. The lowest BCUT2D eigenvalue weighted by Gasteiger charge is -2.34. The predicted octanol–water partition coefficient (Wildman–Crippen LogP) is 4.39. The molecule has 32 heavy (non-hydrogen) atoms. The molecule has 0 spiro atoms. The summed E-state index contributed by atoms with van der Waals surface area (Å²) in [6.45, 7) is 7.43. The summed E-state index contributed by atoms with van der Waals surface area (Å²) >= 11 is 3.47. The molecule has 4 rings (SSSR count). The van der Waals surface area contributed by atoms with E-state index in [0.29, 0.717) is 6.54 Å². The van der Waals surface area contributed by atoms with Gasteiger partial charge in [0.1, 0.15) is 11.3 Å². The Hall–Kier alpha value is -2.00. The summed E-state index contributed by atoms with van der Waals surface area (Å²) in [5, 5.41) is 4.11. The lowest BCUT2D eigenvalue weighted by Crippen LogP contribution is -2.48. The first kappa shape index (κ1) is 24.6. The molecule has 1 aliphatic rings. The SMILES string of the molecule is CCSc1cccc(C(=O)NCCN2CCN(c3nc4c(OC)cccc4s3)CC2)c1.Cl. The number of piperazine rings is 1. The molecule has 0 unspecified atom stereocenters. The van der Waals surface area contributed by atoms with Gasteiger partial charge >= 0.3 is 0 Å². The number of amides is 1. The molecule has 0 radical (unpaired) electrons. The molecule has 1 aliphatic heterocycles. The third-order valence-electron chi connectivity index (χ3n) is 5.35. The second-order valence-corrected chi connectivity index (χ2v) is 9.70. The molecule has 3 aromatic rings. The maximum atomic E-state index is 12.5. The molecule has 0 saturated carbocycles. The second kappa shape index (κ2) is 11.7. The number of hydrogen-bond acceptors (Lipinski definition) is 7. The molecular formula is C23H29ClN4O2S2. The van der Waals surface area contributed by atoms with Crippen molar-refractivity contribution in [3.63, 3.8) is 0 Å². The first-order valence-electron chi connectivity index (χ1n) is 10.6. The Labute approximate surface area is 203 Å². The first-order chi connectivity index (χ1) is 15.2. The van der Waals surface area contributed by atoms with Gasteiger partial charge in [0.15, 0.2) is 5.13 Å². The Kier molecular flexibility index (Phi) is 9.04. The highest BCUT2D eigenvalue weighted by atomic mass is 35.5. The number of carbonyl (C=O) groups is 1. The van der Waals surface area contributed by atoms with Crippen molar-refractivity contribution in [2.75, 3.05) is 57.0 Å². The van der Waals surface area contributed by atoms with Gasteiger partial charge in [-0.05, 0) is 36.1 Å². The van der Waals surface area contributed by atoms with E-state index in [4.69, 9.17) is 9.72 Å². The van der Waals surface area contributed by atoms with Crippen LogP contribution in [0.2, 0.25) is 0 Å². The number of thioether (sulfide) groups is 1. The van der Waals surface area contributed by atoms with Crippen molar-refractivity contribution in [2.45, 2.75) is 11.8 Å². The van der Waals surface area contributed by atoms with Gasteiger partial charge in [-0.2, -0.15) is 0 Å². The number of methoxy groups -OCH3 is 1. The molecule has 1 fully saturated rings. The third kappa shape index (κ3) is 5.86. The Morgan fingerprint density at radius 2 is 1.97 bits per heavy atom. The molecule has 2 heterocycles. The third-order valence-corrected chi connectivity index (χ3v) is 7.31. The number of rotatable bonds is 8. The van der Waals surface area contributed by atoms with E-state index in [1.807, 2.05) is 36.4 Å². The van der Waals surface area contributed by atoms with Crippen LogP contribution >= 0.6 is 35.5 Å². The molecule has 2 aromatic carbocycles. The Balaban J connectivity index is 0.00000289. The standard InChI is InChI=1S/C23H28N4O2S2.ClH/c1-3-30-18-7-4-6-17(16-18)22(28)24-10-11-26-12-14-27(15-13-26)23-25-21-19(29-2)8-5-9-20(21)31-23;/h4-9,16H,3,10-15H2,1-2H3,(H,24,28);1H. The number of nitrogens with one attached hydrogen (secondary N) is 1. The highest BCUT2D eigenvalue weighted by molar-refractivity contribution is 7.99. The minimum Gasteiger partial charge on any atom is -0.494 e. The van der Waals surface area contributed by atoms with Crippen LogP contribution < -0.4 is 15.0 Å². The number of fused-ring (bicyclic) bond motifs is 1. The number of nitrogens with zero attached hydrogens (tertiary/aromatic N) is 3. The summed E-state index contributed by atoms with van der Waals surface area (Å²) in [7, 11) is 1.69. The number of hydrogen-bond donors (Lipinski definition) is 1. The zero-order chi connectivity index (χ0) is 21.6. The van der Waals surface area contributed by atoms with Crippen molar-refractivity contribution in [3.8, 4) is 5.75 Å². The van der Waals surface area contributed by atoms with E-state index >= 15 is 0 Å². The van der Waals surface area contributed by atoms with Gasteiger partial charge < -0.3 is 15.0 Å². The zero-order valence-electron chi connectivity index (χ0n) is 18.4. The van der Waals surface area contributed by atoms with Gasteiger partial charge in [-0.1, -0.05) is 30.4 Å². The molecule has 6 nitrogen and oxygen atoms in total. The van der Waals surface area contributed by atoms with Crippen molar-refractivity contribution < 1.29 is 9.53 Å². The van der Waals surface area contributed by atoms with Crippen LogP contribution in [-0.4, -0.2) is 67.9 Å². The van der Waals surface area contributed by atoms with Crippen molar-refractivity contribution in [1.82, 2.24) is 15.2 Å². The molecule has 0 bridgehead atoms. The van der Waals surface area contributed by atoms with Crippen LogP contribution in [-0.2, 0) is 0 Å². The minimum absolute atomic E-state index is 0. The molecular weight excluding hydrogens is 464 g/mol. The van der Waals surface area contributed by atoms with E-state index in [1.54, 1.807) is 30.2 Å². The van der Waals surface area contributed by atoms with E-state index in [9.17, 15) is 4.79 Å². The van der Waals surface area contributed by atoms with Crippen LogP contribution in [0.4, 0.5) is 5.13 Å². The molecule has 1 saturated heterocycles. The highest BCUT2D eigenvalue weighted by Crippen LogP contribution is 2.34. The number of halogens is 1. The topological polar surface area (TPSA) is 57.7 Å². The molecule has 9 heteroatoms. The summed E-state index contributed by atoms with van der Waals surface area (Å²) in [5.74, 6) is 1.83. The number of benzene rings is 2. The quantitative estimate of drug-likeness (QED) is 0.470. The van der Waals surface area contributed by atoms with Crippen molar-refractivity contribution in [1.29, 1.82) is 0 Å². The van der Waals surface area contributed by atoms with Crippen LogP contribution in [0, 0.1) is 0 Å². The number of thiazole rings is 1. The van der Waals surface area contributed by atoms with Crippen molar-refractivity contribution >= 4 is 56.8 Å². The summed E-state index contributed by atoms with van der Waals surface area (Å²) < 4.78 is 6.59. The average Bonchev–Trinajstić information content (AvgIpc) is 3.24. The number of para-hydroxylation sites is 1. The lowest BCUT2D eigenvalue weighted by atomic mass is 10.2. The number of aromatic nitrogens is 1. The van der Waals surface area contributed by atoms with Crippen LogP contribution in [0.1, 0.15) is 17.3 Å². The largest absolute Gasteiger partial charge is 0.494 e. The Morgan fingerprint density at radius 3 is 2.72 bits per heavy atom. The Bertz CT molecular complexity index is 1040. The fraction of sp³-hybridized carbons (Fsp3) is 0.391. The Morgan fingerprint density at radius 1 is 1.19 bits per heavy atom. The van der Waals surface area contributed by atoms with E-state index in [2.05, 4.69) is 28.1 Å². The highest BCUT2D eigenvalue weighted by Gasteiger charge is 2.20. The maximum Gasteiger partial charge on any atom is 0.251 e. The lowest BCUT2D eigenvalue weighted by molar-refractivity contribution is 0.0947. The van der Waals surface area contributed by atoms with Crippen LogP contribution in [0.5, 0.6) is 5.75 Å². The van der Waals surface area contributed by atoms with Gasteiger partial charge in [0, 0.05) is 49.7 Å². The van der Waals surface area contributed by atoms with Crippen LogP contribution in [0.3, 0.4) is 0 Å². The predicted molar refractivity (Wildman–Crippen MR) is 137 cm³/mol. The zero-order valence-corrected chi connectivity index (χ0v) is 20.8. The van der Waals surface area contributed by atoms with E-state index in [1.165, 1.54) is 0 Å². The van der Waals surface area contributed by atoms with Crippen LogP contribution in [0.15, 0.2) is 47.4 Å². The molecule has 172 valence electrons. The van der Waals surface area contributed by atoms with Crippen molar-refractivity contribution in [3.05, 3.63) is 48.0 Å². The molecule has 0 atom stereocenters. The van der Waals surface area contributed by atoms with Gasteiger partial charge in [0.25, 0.3) is 5.91 Å². The summed E-state index contributed by atoms with van der Waals surface area (Å²) in [5.41, 5.74) is 1.67. The fourth-order valence-corrected chi connectivity index (χ4v) is 5.45.